The minimum atomic E-state index is -0.450. The number of aliphatic hydroxyl groups excluding tert-OH is 1. The highest BCUT2D eigenvalue weighted by molar-refractivity contribution is 5.81. The third-order valence-electron chi connectivity index (χ3n) is 3.55. The van der Waals surface area contributed by atoms with Crippen molar-refractivity contribution in [3.8, 4) is 0 Å². The smallest absolute Gasteiger partial charge is 0.237 e. The Bertz CT molecular complexity index is 291. The predicted molar refractivity (Wildman–Crippen MR) is 71.9 cm³/mol. The van der Waals surface area contributed by atoms with Gasteiger partial charge in [0.2, 0.25) is 5.91 Å². The number of morpholine rings is 1. The Labute approximate surface area is 114 Å². The molecule has 2 fully saturated rings. The molecule has 2 atom stereocenters. The van der Waals surface area contributed by atoms with Crippen LogP contribution >= 0.6 is 0 Å². The first-order chi connectivity index (χ1) is 9.15. The van der Waals surface area contributed by atoms with Crippen LogP contribution in [0.25, 0.3) is 0 Å². The standard InChI is InChI=1S/C13H25N3O3/c1-10(13(18)15-11-2-3-11)14-8-12(17)9-16-4-6-19-7-5-16/h10-12,14,17H,2-9H2,1H3,(H,15,18). The number of aliphatic hydroxyl groups is 1. The van der Waals surface area contributed by atoms with E-state index in [1.54, 1.807) is 0 Å². The molecule has 110 valence electrons. The van der Waals surface area contributed by atoms with Gasteiger partial charge < -0.3 is 20.5 Å². The van der Waals surface area contributed by atoms with E-state index in [1.807, 2.05) is 6.92 Å². The van der Waals surface area contributed by atoms with E-state index in [2.05, 4.69) is 15.5 Å². The van der Waals surface area contributed by atoms with Gasteiger partial charge in [0.15, 0.2) is 0 Å². The summed E-state index contributed by atoms with van der Waals surface area (Å²) in [4.78, 5) is 13.9. The minimum Gasteiger partial charge on any atom is -0.390 e. The maximum absolute atomic E-state index is 11.7. The summed E-state index contributed by atoms with van der Waals surface area (Å²) in [5.74, 6) is 0.0288. The molecule has 0 aromatic heterocycles. The van der Waals surface area contributed by atoms with Crippen LogP contribution in [0.2, 0.25) is 0 Å². The van der Waals surface area contributed by atoms with Crippen LogP contribution in [-0.2, 0) is 9.53 Å². The van der Waals surface area contributed by atoms with E-state index in [4.69, 9.17) is 4.74 Å². The molecule has 0 aromatic rings. The van der Waals surface area contributed by atoms with Crippen LogP contribution in [0, 0.1) is 0 Å². The zero-order valence-electron chi connectivity index (χ0n) is 11.6. The van der Waals surface area contributed by atoms with E-state index in [-0.39, 0.29) is 11.9 Å². The highest BCUT2D eigenvalue weighted by Crippen LogP contribution is 2.18. The monoisotopic (exact) mass is 271 g/mol. The fraction of sp³-hybridized carbons (Fsp3) is 0.923. The third-order valence-corrected chi connectivity index (χ3v) is 3.55. The Kier molecular flexibility index (Phi) is 5.57. The van der Waals surface area contributed by atoms with Crippen molar-refractivity contribution < 1.29 is 14.6 Å². The lowest BCUT2D eigenvalue weighted by Gasteiger charge is -2.29. The molecule has 0 bridgehead atoms. The zero-order valence-corrected chi connectivity index (χ0v) is 11.6. The van der Waals surface area contributed by atoms with Gasteiger partial charge in [-0.1, -0.05) is 0 Å². The Morgan fingerprint density at radius 3 is 2.74 bits per heavy atom. The molecule has 1 saturated heterocycles. The van der Waals surface area contributed by atoms with Crippen molar-refractivity contribution in [1.29, 1.82) is 0 Å². The van der Waals surface area contributed by atoms with Crippen LogP contribution in [0.15, 0.2) is 0 Å². The number of hydrogen-bond acceptors (Lipinski definition) is 5. The van der Waals surface area contributed by atoms with Gasteiger partial charge in [0.1, 0.15) is 0 Å². The second kappa shape index (κ2) is 7.19. The molecule has 6 nitrogen and oxygen atoms in total. The van der Waals surface area contributed by atoms with Gasteiger partial charge in [-0.05, 0) is 19.8 Å². The molecular formula is C13H25N3O3. The fourth-order valence-electron chi connectivity index (χ4n) is 2.11. The van der Waals surface area contributed by atoms with Gasteiger partial charge in [-0.15, -0.1) is 0 Å². The molecule has 1 amide bonds. The van der Waals surface area contributed by atoms with Crippen molar-refractivity contribution in [2.75, 3.05) is 39.4 Å². The van der Waals surface area contributed by atoms with Gasteiger partial charge in [-0.3, -0.25) is 9.69 Å². The topological polar surface area (TPSA) is 73.8 Å². The lowest BCUT2D eigenvalue weighted by Crippen LogP contribution is -2.48. The first kappa shape index (κ1) is 14.7. The van der Waals surface area contributed by atoms with Gasteiger partial charge in [0.25, 0.3) is 0 Å². The van der Waals surface area contributed by atoms with Crippen LogP contribution in [0.1, 0.15) is 19.8 Å². The summed E-state index contributed by atoms with van der Waals surface area (Å²) < 4.78 is 5.26. The van der Waals surface area contributed by atoms with Crippen LogP contribution in [0.3, 0.4) is 0 Å². The summed E-state index contributed by atoms with van der Waals surface area (Å²) >= 11 is 0. The molecule has 1 aliphatic carbocycles. The quantitative estimate of drug-likeness (QED) is 0.550. The second-order valence-corrected chi connectivity index (χ2v) is 5.48. The molecule has 1 saturated carbocycles. The summed E-state index contributed by atoms with van der Waals surface area (Å²) in [5, 5.41) is 16.0. The molecule has 0 radical (unpaired) electrons. The number of ether oxygens (including phenoxy) is 1. The zero-order chi connectivity index (χ0) is 13.7. The molecule has 2 rings (SSSR count). The van der Waals surface area contributed by atoms with E-state index < -0.39 is 6.10 Å². The first-order valence-corrected chi connectivity index (χ1v) is 7.17. The third kappa shape index (κ3) is 5.44. The Hall–Kier alpha value is -0.690. The minimum absolute atomic E-state index is 0.0288. The Morgan fingerprint density at radius 1 is 1.42 bits per heavy atom. The summed E-state index contributed by atoms with van der Waals surface area (Å²) in [5.41, 5.74) is 0. The number of nitrogens with zero attached hydrogens (tertiary/aromatic N) is 1. The van der Waals surface area contributed by atoms with Gasteiger partial charge in [0, 0.05) is 32.2 Å². The van der Waals surface area contributed by atoms with Gasteiger partial charge in [-0.25, -0.2) is 0 Å². The van der Waals surface area contributed by atoms with E-state index in [1.165, 1.54) is 0 Å². The number of hydrogen-bond donors (Lipinski definition) is 3. The molecule has 1 heterocycles. The predicted octanol–water partition coefficient (Wildman–Crippen LogP) is -1.06. The molecule has 2 aliphatic rings. The maximum atomic E-state index is 11.7. The molecule has 19 heavy (non-hydrogen) atoms. The molecule has 0 spiro atoms. The van der Waals surface area contributed by atoms with Crippen LogP contribution in [0.5, 0.6) is 0 Å². The number of carbonyl (C=O) groups excluding carboxylic acids is 1. The SMILES string of the molecule is CC(NCC(O)CN1CCOCC1)C(=O)NC1CC1. The van der Waals surface area contributed by atoms with E-state index in [0.717, 1.165) is 39.1 Å². The molecule has 1 aliphatic heterocycles. The van der Waals surface area contributed by atoms with Gasteiger partial charge in [0.05, 0.1) is 25.4 Å². The van der Waals surface area contributed by atoms with Crippen molar-refractivity contribution in [2.24, 2.45) is 0 Å². The van der Waals surface area contributed by atoms with Crippen LogP contribution in [0.4, 0.5) is 0 Å². The number of carbonyl (C=O) groups is 1. The summed E-state index contributed by atoms with van der Waals surface area (Å²) in [7, 11) is 0. The Morgan fingerprint density at radius 2 is 2.11 bits per heavy atom. The average Bonchev–Trinajstić information content (AvgIpc) is 3.21. The van der Waals surface area contributed by atoms with Crippen molar-refractivity contribution in [3.05, 3.63) is 0 Å². The fourth-order valence-corrected chi connectivity index (χ4v) is 2.11. The summed E-state index contributed by atoms with van der Waals surface area (Å²) in [6.07, 6.45) is 1.74. The van der Waals surface area contributed by atoms with E-state index in [0.29, 0.717) is 19.1 Å². The van der Waals surface area contributed by atoms with Crippen molar-refractivity contribution in [1.82, 2.24) is 15.5 Å². The lowest BCUT2D eigenvalue weighted by molar-refractivity contribution is -0.123. The normalized spacial score (nSPS) is 23.9. The summed E-state index contributed by atoms with van der Waals surface area (Å²) in [6.45, 7) is 6.12. The van der Waals surface area contributed by atoms with Gasteiger partial charge >= 0.3 is 0 Å². The summed E-state index contributed by atoms with van der Waals surface area (Å²) in [6, 6.07) is 0.134. The number of β-amino-alcohol motifs (C(OH)–C–C–N with tert-alkyl or cyclic N) is 1. The molecule has 3 N–H and O–H groups in total. The van der Waals surface area contributed by atoms with E-state index >= 15 is 0 Å². The highest BCUT2D eigenvalue weighted by atomic mass is 16.5. The average molecular weight is 271 g/mol. The molecule has 0 aromatic carbocycles. The van der Waals surface area contributed by atoms with Crippen LogP contribution < -0.4 is 10.6 Å². The molecule has 2 unspecified atom stereocenters. The molecule has 6 heteroatoms. The number of amides is 1. The lowest BCUT2D eigenvalue weighted by atomic mass is 10.2. The second-order valence-electron chi connectivity index (χ2n) is 5.48. The van der Waals surface area contributed by atoms with Crippen molar-refractivity contribution in [3.63, 3.8) is 0 Å². The number of rotatable bonds is 7. The highest BCUT2D eigenvalue weighted by Gasteiger charge is 2.25. The Balaban J connectivity index is 1.58. The van der Waals surface area contributed by atoms with Crippen molar-refractivity contribution >= 4 is 5.91 Å². The van der Waals surface area contributed by atoms with Crippen molar-refractivity contribution in [2.45, 2.75) is 38.0 Å². The molecular weight excluding hydrogens is 246 g/mol. The maximum Gasteiger partial charge on any atom is 0.237 e. The van der Waals surface area contributed by atoms with E-state index in [9.17, 15) is 9.90 Å². The van der Waals surface area contributed by atoms with Gasteiger partial charge in [-0.2, -0.15) is 0 Å². The largest absolute Gasteiger partial charge is 0.390 e. The first-order valence-electron chi connectivity index (χ1n) is 7.17. The van der Waals surface area contributed by atoms with Crippen LogP contribution in [-0.4, -0.2) is 73.5 Å². The number of nitrogens with one attached hydrogen (secondary N) is 2.